The Morgan fingerprint density at radius 3 is 2.86 bits per heavy atom. The average Bonchev–Trinajstić information content (AvgIpc) is 2.84. The van der Waals surface area contributed by atoms with Gasteiger partial charge in [0.05, 0.1) is 4.47 Å². The Hall–Kier alpha value is -1.17. The van der Waals surface area contributed by atoms with Crippen LogP contribution in [0.25, 0.3) is 0 Å². The Balaban J connectivity index is 1.65. The molecule has 4 nitrogen and oxygen atoms in total. The van der Waals surface area contributed by atoms with Crippen LogP contribution >= 0.6 is 27.5 Å². The van der Waals surface area contributed by atoms with Crippen molar-refractivity contribution in [1.29, 1.82) is 0 Å². The Bertz CT molecular complexity index is 637. The summed E-state index contributed by atoms with van der Waals surface area (Å²) >= 11 is 9.35. The first kappa shape index (κ1) is 15.7. The lowest BCUT2D eigenvalue weighted by Gasteiger charge is -2.18. The third-order valence-electron chi connectivity index (χ3n) is 3.97. The van der Waals surface area contributed by atoms with Crippen LogP contribution in [0.3, 0.4) is 0 Å². The van der Waals surface area contributed by atoms with E-state index >= 15 is 0 Å². The predicted octanol–water partition coefficient (Wildman–Crippen LogP) is 3.82. The molecule has 0 amide bonds. The molecule has 0 aliphatic carbocycles. The van der Waals surface area contributed by atoms with Crippen LogP contribution in [-0.4, -0.2) is 34.0 Å². The summed E-state index contributed by atoms with van der Waals surface area (Å²) in [6.45, 7) is 5.31. The quantitative estimate of drug-likeness (QED) is 0.817. The maximum atomic E-state index is 5.88. The van der Waals surface area contributed by atoms with E-state index in [0.717, 1.165) is 29.9 Å². The number of hydrogen-bond donors (Lipinski definition) is 1. The molecule has 22 heavy (non-hydrogen) atoms. The fourth-order valence-electron chi connectivity index (χ4n) is 2.85. The molecule has 2 atom stereocenters. The molecule has 1 aromatic carbocycles. The minimum atomic E-state index is 0.262. The van der Waals surface area contributed by atoms with Gasteiger partial charge < -0.3 is 5.32 Å². The second-order valence-corrected chi connectivity index (χ2v) is 6.94. The number of likely N-dealkylation sites (tertiary alicyclic amines) is 1. The first-order valence-electron chi connectivity index (χ1n) is 7.32. The van der Waals surface area contributed by atoms with Gasteiger partial charge in [-0.15, -0.1) is 0 Å². The summed E-state index contributed by atoms with van der Waals surface area (Å²) in [5.74, 6) is 1.31. The van der Waals surface area contributed by atoms with E-state index in [9.17, 15) is 0 Å². The highest BCUT2D eigenvalue weighted by atomic mass is 79.9. The Labute approximate surface area is 144 Å². The topological polar surface area (TPSA) is 41.0 Å². The third-order valence-corrected chi connectivity index (χ3v) is 4.74. The number of nitrogens with one attached hydrogen (secondary N) is 1. The number of hydrogen-bond acceptors (Lipinski definition) is 4. The summed E-state index contributed by atoms with van der Waals surface area (Å²) in [4.78, 5) is 10.7. The highest BCUT2D eigenvalue weighted by molar-refractivity contribution is 9.10. The van der Waals surface area contributed by atoms with E-state index in [1.54, 1.807) is 6.20 Å². The van der Waals surface area contributed by atoms with E-state index in [4.69, 9.17) is 11.6 Å². The van der Waals surface area contributed by atoms with Gasteiger partial charge in [-0.2, -0.15) is 4.98 Å². The van der Waals surface area contributed by atoms with Crippen molar-refractivity contribution in [2.24, 2.45) is 5.92 Å². The molecular weight excluding hydrogens is 364 g/mol. The molecule has 0 saturated carbocycles. The molecule has 1 saturated heterocycles. The van der Waals surface area contributed by atoms with Crippen molar-refractivity contribution in [2.45, 2.75) is 19.5 Å². The molecule has 2 heterocycles. The summed E-state index contributed by atoms with van der Waals surface area (Å²) in [5.41, 5.74) is 1.35. The van der Waals surface area contributed by atoms with E-state index in [1.807, 2.05) is 0 Å². The summed E-state index contributed by atoms with van der Waals surface area (Å²) < 4.78 is 0.839. The lowest BCUT2D eigenvalue weighted by atomic mass is 10.1. The lowest BCUT2D eigenvalue weighted by molar-refractivity contribution is 0.319. The molecule has 1 aromatic heterocycles. The van der Waals surface area contributed by atoms with Gasteiger partial charge in [0.15, 0.2) is 0 Å². The van der Waals surface area contributed by atoms with Crippen molar-refractivity contribution in [2.75, 3.05) is 18.4 Å². The van der Waals surface area contributed by atoms with E-state index < -0.39 is 0 Å². The van der Waals surface area contributed by atoms with E-state index in [1.165, 1.54) is 5.56 Å². The number of anilines is 1. The molecule has 116 valence electrons. The number of benzene rings is 1. The van der Waals surface area contributed by atoms with Gasteiger partial charge >= 0.3 is 0 Å². The third kappa shape index (κ3) is 3.77. The molecule has 6 heteroatoms. The maximum absolute atomic E-state index is 5.88. The van der Waals surface area contributed by atoms with Gasteiger partial charge in [-0.3, -0.25) is 4.90 Å². The summed E-state index contributed by atoms with van der Waals surface area (Å²) in [6, 6.07) is 10.9. The van der Waals surface area contributed by atoms with Crippen molar-refractivity contribution in [3.8, 4) is 0 Å². The Morgan fingerprint density at radius 1 is 1.32 bits per heavy atom. The lowest BCUT2D eigenvalue weighted by Crippen LogP contribution is -2.28. The maximum Gasteiger partial charge on any atom is 0.224 e. The Morgan fingerprint density at radius 2 is 2.09 bits per heavy atom. The SMILES string of the molecule is CC1CN(Cc2ccccc2)CC1Nc1nc(Cl)ncc1Br. The summed E-state index contributed by atoms with van der Waals surface area (Å²) in [7, 11) is 0. The molecule has 1 N–H and O–H groups in total. The van der Waals surface area contributed by atoms with Crippen LogP contribution < -0.4 is 5.32 Å². The molecule has 0 radical (unpaired) electrons. The van der Waals surface area contributed by atoms with Gasteiger partial charge in [0.2, 0.25) is 5.28 Å². The zero-order valence-electron chi connectivity index (χ0n) is 12.3. The van der Waals surface area contributed by atoms with Crippen molar-refractivity contribution in [3.05, 3.63) is 51.8 Å². The molecule has 1 fully saturated rings. The number of rotatable bonds is 4. The Kier molecular flexibility index (Phi) is 4.96. The second-order valence-electron chi connectivity index (χ2n) is 5.74. The van der Waals surface area contributed by atoms with Crippen LogP contribution in [0.5, 0.6) is 0 Å². The molecule has 1 aliphatic heterocycles. The normalized spacial score (nSPS) is 22.0. The van der Waals surface area contributed by atoms with Gasteiger partial charge in [-0.1, -0.05) is 37.3 Å². The van der Waals surface area contributed by atoms with Gasteiger partial charge in [0.1, 0.15) is 5.82 Å². The monoisotopic (exact) mass is 380 g/mol. The summed E-state index contributed by atoms with van der Waals surface area (Å²) in [6.07, 6.45) is 1.68. The zero-order chi connectivity index (χ0) is 15.5. The molecule has 2 unspecified atom stereocenters. The van der Waals surface area contributed by atoms with E-state index in [0.29, 0.717) is 12.0 Å². The van der Waals surface area contributed by atoms with Crippen LogP contribution in [0, 0.1) is 5.92 Å². The smallest absolute Gasteiger partial charge is 0.224 e. The molecule has 3 rings (SSSR count). The molecular formula is C16H18BrClN4. The minimum absolute atomic E-state index is 0.262. The van der Waals surface area contributed by atoms with Crippen LogP contribution in [0.15, 0.2) is 41.0 Å². The zero-order valence-corrected chi connectivity index (χ0v) is 14.7. The predicted molar refractivity (Wildman–Crippen MR) is 93.0 cm³/mol. The fourth-order valence-corrected chi connectivity index (χ4v) is 3.29. The molecule has 0 bridgehead atoms. The van der Waals surface area contributed by atoms with Gasteiger partial charge in [-0.05, 0) is 39.0 Å². The standard InChI is InChI=1S/C16H18BrClN4/c1-11-8-22(9-12-5-3-2-4-6-12)10-14(11)20-15-13(17)7-19-16(18)21-15/h2-7,11,14H,8-10H2,1H3,(H,19,20,21). The largest absolute Gasteiger partial charge is 0.365 e. The number of aromatic nitrogens is 2. The van der Waals surface area contributed by atoms with E-state index in [2.05, 4.69) is 73.4 Å². The first-order chi connectivity index (χ1) is 10.6. The van der Waals surface area contributed by atoms with Crippen LogP contribution in [0.1, 0.15) is 12.5 Å². The van der Waals surface area contributed by atoms with Crippen molar-refractivity contribution in [3.63, 3.8) is 0 Å². The molecule has 2 aromatic rings. The van der Waals surface area contributed by atoms with Crippen molar-refractivity contribution < 1.29 is 0 Å². The van der Waals surface area contributed by atoms with Gasteiger partial charge in [-0.25, -0.2) is 4.98 Å². The number of nitrogens with zero attached hydrogens (tertiary/aromatic N) is 3. The van der Waals surface area contributed by atoms with Crippen LogP contribution in [0.4, 0.5) is 5.82 Å². The molecule has 1 aliphatic rings. The van der Waals surface area contributed by atoms with Crippen molar-refractivity contribution in [1.82, 2.24) is 14.9 Å². The van der Waals surface area contributed by atoms with Gasteiger partial charge in [0, 0.05) is 31.9 Å². The number of halogens is 2. The first-order valence-corrected chi connectivity index (χ1v) is 8.50. The highest BCUT2D eigenvalue weighted by Crippen LogP contribution is 2.26. The second kappa shape index (κ2) is 6.94. The minimum Gasteiger partial charge on any atom is -0.365 e. The molecule has 0 spiro atoms. The van der Waals surface area contributed by atoms with E-state index in [-0.39, 0.29) is 5.28 Å². The van der Waals surface area contributed by atoms with Crippen LogP contribution in [-0.2, 0) is 6.54 Å². The fraction of sp³-hybridized carbons (Fsp3) is 0.375. The van der Waals surface area contributed by atoms with Gasteiger partial charge in [0.25, 0.3) is 0 Å². The highest BCUT2D eigenvalue weighted by Gasteiger charge is 2.30. The average molecular weight is 382 g/mol. The van der Waals surface area contributed by atoms with Crippen molar-refractivity contribution >= 4 is 33.3 Å². The van der Waals surface area contributed by atoms with Crippen LogP contribution in [0.2, 0.25) is 5.28 Å². The summed E-state index contributed by atoms with van der Waals surface area (Å²) in [5, 5.41) is 3.75.